The molecule has 2 heteroatoms. The van der Waals surface area contributed by atoms with E-state index in [1.807, 2.05) is 0 Å². The smallest absolute Gasteiger partial charge is 0.0195 e. The molecule has 120 valence electrons. The molecule has 0 saturated carbocycles. The van der Waals surface area contributed by atoms with Crippen molar-refractivity contribution in [2.75, 3.05) is 19.6 Å². The quantitative estimate of drug-likeness (QED) is 0.642. The van der Waals surface area contributed by atoms with Gasteiger partial charge in [0.05, 0.1) is 0 Å². The molecule has 1 aliphatic rings. The highest BCUT2D eigenvalue weighted by Gasteiger charge is 2.24. The lowest BCUT2D eigenvalue weighted by Gasteiger charge is -2.36. The normalized spacial score (nSPS) is 19.9. The van der Waals surface area contributed by atoms with Gasteiger partial charge in [0.15, 0.2) is 0 Å². The number of hydrogen-bond acceptors (Lipinski definition) is 2. The molecule has 1 aliphatic heterocycles. The Labute approximate surface area is 127 Å². The maximum absolute atomic E-state index is 3.68. The summed E-state index contributed by atoms with van der Waals surface area (Å²) in [7, 11) is 0. The van der Waals surface area contributed by atoms with E-state index in [1.54, 1.807) is 0 Å². The maximum atomic E-state index is 3.68. The third-order valence-corrected chi connectivity index (χ3v) is 4.42. The van der Waals surface area contributed by atoms with Crippen molar-refractivity contribution >= 4 is 0 Å². The van der Waals surface area contributed by atoms with Gasteiger partial charge in [-0.3, -0.25) is 4.90 Å². The lowest BCUT2D eigenvalue weighted by molar-refractivity contribution is 0.138. The van der Waals surface area contributed by atoms with Crippen LogP contribution in [0, 0.1) is 11.8 Å². The monoisotopic (exact) mass is 282 g/mol. The van der Waals surface area contributed by atoms with E-state index < -0.39 is 0 Å². The number of hydrogen-bond donors (Lipinski definition) is 1. The standard InChI is InChI=1S/C18H38N2/c1-6-7-11-20(14-17-9-8-10-19-17)18(12-15(2)3)13-16(4)5/h15-19H,6-14H2,1-5H3. The second kappa shape index (κ2) is 9.78. The summed E-state index contributed by atoms with van der Waals surface area (Å²) in [6.07, 6.45) is 8.11. The summed E-state index contributed by atoms with van der Waals surface area (Å²) in [4.78, 5) is 2.81. The van der Waals surface area contributed by atoms with E-state index in [0.717, 1.165) is 23.9 Å². The first-order valence-electron chi connectivity index (χ1n) is 9.00. The molecule has 1 heterocycles. The van der Waals surface area contributed by atoms with Crippen LogP contribution >= 0.6 is 0 Å². The predicted molar refractivity (Wildman–Crippen MR) is 90.2 cm³/mol. The minimum absolute atomic E-state index is 0.744. The summed E-state index contributed by atoms with van der Waals surface area (Å²) in [5.74, 6) is 1.61. The first-order valence-corrected chi connectivity index (χ1v) is 9.00. The van der Waals surface area contributed by atoms with Crippen molar-refractivity contribution in [3.8, 4) is 0 Å². The van der Waals surface area contributed by atoms with Crippen LogP contribution < -0.4 is 5.32 Å². The molecule has 0 aromatic rings. The highest BCUT2D eigenvalue weighted by atomic mass is 15.2. The molecule has 1 atom stereocenters. The molecule has 20 heavy (non-hydrogen) atoms. The molecule has 1 saturated heterocycles. The van der Waals surface area contributed by atoms with Crippen LogP contribution in [-0.4, -0.2) is 36.6 Å². The zero-order chi connectivity index (χ0) is 15.0. The zero-order valence-electron chi connectivity index (χ0n) is 14.6. The first kappa shape index (κ1) is 18.0. The van der Waals surface area contributed by atoms with Gasteiger partial charge in [-0.25, -0.2) is 0 Å². The molecule has 0 bridgehead atoms. The van der Waals surface area contributed by atoms with Gasteiger partial charge in [0, 0.05) is 18.6 Å². The molecule has 0 spiro atoms. The fourth-order valence-corrected chi connectivity index (χ4v) is 3.46. The lowest BCUT2D eigenvalue weighted by atomic mass is 9.93. The molecular formula is C18H38N2. The van der Waals surface area contributed by atoms with E-state index in [9.17, 15) is 0 Å². The molecule has 0 aliphatic carbocycles. The summed E-state index contributed by atoms with van der Waals surface area (Å²) in [6, 6.07) is 1.53. The lowest BCUT2D eigenvalue weighted by Crippen LogP contribution is -2.45. The zero-order valence-corrected chi connectivity index (χ0v) is 14.6. The second-order valence-electron chi connectivity index (χ2n) is 7.55. The molecule has 0 aromatic heterocycles. The molecule has 1 N–H and O–H groups in total. The van der Waals surface area contributed by atoms with Gasteiger partial charge in [-0.1, -0.05) is 41.0 Å². The van der Waals surface area contributed by atoms with Crippen molar-refractivity contribution in [3.63, 3.8) is 0 Å². The van der Waals surface area contributed by atoms with Crippen molar-refractivity contribution in [1.82, 2.24) is 10.2 Å². The van der Waals surface area contributed by atoms with Crippen LogP contribution in [0.2, 0.25) is 0 Å². The Bertz CT molecular complexity index is 222. The minimum Gasteiger partial charge on any atom is -0.313 e. The summed E-state index contributed by atoms with van der Waals surface area (Å²) in [5, 5.41) is 3.68. The van der Waals surface area contributed by atoms with Crippen molar-refractivity contribution < 1.29 is 0 Å². The Hall–Kier alpha value is -0.0800. The van der Waals surface area contributed by atoms with Crippen molar-refractivity contribution in [2.45, 2.75) is 85.2 Å². The molecule has 0 aromatic carbocycles. The number of rotatable bonds is 10. The number of nitrogens with one attached hydrogen (secondary N) is 1. The van der Waals surface area contributed by atoms with Gasteiger partial charge in [-0.15, -0.1) is 0 Å². The number of nitrogens with zero attached hydrogens (tertiary/aromatic N) is 1. The van der Waals surface area contributed by atoms with Crippen LogP contribution in [0.3, 0.4) is 0 Å². The Morgan fingerprint density at radius 1 is 1.10 bits per heavy atom. The molecule has 1 unspecified atom stereocenters. The van der Waals surface area contributed by atoms with Gasteiger partial charge in [-0.2, -0.15) is 0 Å². The molecular weight excluding hydrogens is 244 g/mol. The highest BCUT2D eigenvalue weighted by Crippen LogP contribution is 2.21. The highest BCUT2D eigenvalue weighted by molar-refractivity contribution is 4.82. The van der Waals surface area contributed by atoms with Gasteiger partial charge in [0.1, 0.15) is 0 Å². The van der Waals surface area contributed by atoms with E-state index in [2.05, 4.69) is 44.8 Å². The Morgan fingerprint density at radius 2 is 1.75 bits per heavy atom. The first-order chi connectivity index (χ1) is 9.52. The van der Waals surface area contributed by atoms with Gasteiger partial charge >= 0.3 is 0 Å². The summed E-state index contributed by atoms with van der Waals surface area (Å²) in [6.45, 7) is 15.6. The Morgan fingerprint density at radius 3 is 2.20 bits per heavy atom. The van der Waals surface area contributed by atoms with Crippen LogP contribution in [0.25, 0.3) is 0 Å². The fourth-order valence-electron chi connectivity index (χ4n) is 3.46. The topological polar surface area (TPSA) is 15.3 Å². The van der Waals surface area contributed by atoms with E-state index in [0.29, 0.717) is 0 Å². The SMILES string of the molecule is CCCCN(CC1CCCN1)C(CC(C)C)CC(C)C. The number of unbranched alkanes of at least 4 members (excludes halogenated alkanes) is 1. The van der Waals surface area contributed by atoms with Gasteiger partial charge in [-0.05, 0) is 57.0 Å². The van der Waals surface area contributed by atoms with Gasteiger partial charge < -0.3 is 5.32 Å². The molecule has 1 fully saturated rings. The van der Waals surface area contributed by atoms with E-state index in [-0.39, 0.29) is 0 Å². The van der Waals surface area contributed by atoms with Gasteiger partial charge in [0.2, 0.25) is 0 Å². The molecule has 0 amide bonds. The van der Waals surface area contributed by atoms with Crippen LogP contribution in [0.15, 0.2) is 0 Å². The van der Waals surface area contributed by atoms with E-state index in [1.165, 1.54) is 58.2 Å². The summed E-state index contributed by atoms with van der Waals surface area (Å²) in [5.41, 5.74) is 0. The molecule has 1 rings (SSSR count). The van der Waals surface area contributed by atoms with E-state index in [4.69, 9.17) is 0 Å². The van der Waals surface area contributed by atoms with E-state index >= 15 is 0 Å². The Balaban J connectivity index is 2.62. The fraction of sp³-hybridized carbons (Fsp3) is 1.00. The van der Waals surface area contributed by atoms with Crippen LogP contribution in [0.4, 0.5) is 0 Å². The largest absolute Gasteiger partial charge is 0.313 e. The summed E-state index contributed by atoms with van der Waals surface area (Å²) >= 11 is 0. The third kappa shape index (κ3) is 7.08. The molecule has 2 nitrogen and oxygen atoms in total. The van der Waals surface area contributed by atoms with Crippen LogP contribution in [0.5, 0.6) is 0 Å². The molecule has 0 radical (unpaired) electrons. The van der Waals surface area contributed by atoms with Crippen molar-refractivity contribution in [3.05, 3.63) is 0 Å². The van der Waals surface area contributed by atoms with Gasteiger partial charge in [0.25, 0.3) is 0 Å². The minimum atomic E-state index is 0.744. The van der Waals surface area contributed by atoms with Crippen molar-refractivity contribution in [2.24, 2.45) is 11.8 Å². The summed E-state index contributed by atoms with van der Waals surface area (Å²) < 4.78 is 0. The third-order valence-electron chi connectivity index (χ3n) is 4.42. The second-order valence-corrected chi connectivity index (χ2v) is 7.55. The average molecular weight is 283 g/mol. The van der Waals surface area contributed by atoms with Crippen LogP contribution in [0.1, 0.15) is 73.1 Å². The predicted octanol–water partition coefficient (Wildman–Crippen LogP) is 4.30. The Kier molecular flexibility index (Phi) is 8.79. The van der Waals surface area contributed by atoms with Crippen LogP contribution in [-0.2, 0) is 0 Å². The maximum Gasteiger partial charge on any atom is 0.0195 e. The van der Waals surface area contributed by atoms with Crippen molar-refractivity contribution in [1.29, 1.82) is 0 Å². The average Bonchev–Trinajstić information content (AvgIpc) is 2.85.